The number of rotatable bonds is 7. The summed E-state index contributed by atoms with van der Waals surface area (Å²) in [5.74, 6) is 0. The molecule has 0 radical (unpaired) electrons. The van der Waals surface area contributed by atoms with E-state index in [0.717, 1.165) is 0 Å². The Morgan fingerprint density at radius 2 is 0.925 bits per heavy atom. The average molecular weight is 553 g/mol. The van der Waals surface area contributed by atoms with Crippen LogP contribution in [0.4, 0.5) is 0 Å². The minimum atomic E-state index is -0.665. The van der Waals surface area contributed by atoms with Gasteiger partial charge in [0.15, 0.2) is 0 Å². The van der Waals surface area contributed by atoms with E-state index in [9.17, 15) is 0 Å². The Bertz CT molecular complexity index is 1710. The predicted molar refractivity (Wildman–Crippen MR) is 174 cm³/mol. The molecule has 6 rings (SSSR count). The monoisotopic (exact) mass is 552 g/mol. The Labute approximate surface area is 245 Å². The second-order valence-corrected chi connectivity index (χ2v) is 13.3. The quantitative estimate of drug-likeness (QED) is 0.192. The molecule has 0 saturated heterocycles. The maximum atomic E-state index is 2.34. The van der Waals surface area contributed by atoms with Crippen LogP contribution in [0.1, 0.15) is 11.1 Å². The van der Waals surface area contributed by atoms with E-state index in [1.165, 1.54) is 57.9 Å². The van der Waals surface area contributed by atoms with Crippen molar-refractivity contribution in [3.8, 4) is 22.3 Å². The fourth-order valence-corrected chi connectivity index (χ4v) is 8.38. The molecule has 0 aliphatic rings. The maximum absolute atomic E-state index is 2.34. The van der Waals surface area contributed by atoms with Crippen molar-refractivity contribution in [1.82, 2.24) is 0 Å². The summed E-state index contributed by atoms with van der Waals surface area (Å²) in [6.07, 6.45) is 0. The van der Waals surface area contributed by atoms with Crippen LogP contribution in [0.3, 0.4) is 0 Å². The minimum Gasteiger partial charge on any atom is -0.173 e. The first-order valence-corrected chi connectivity index (χ1v) is 15.8. The van der Waals surface area contributed by atoms with E-state index < -0.39 is 10.9 Å². The van der Waals surface area contributed by atoms with Gasteiger partial charge in [-0.05, 0) is 110 Å². The van der Waals surface area contributed by atoms with Gasteiger partial charge in [-0.2, -0.15) is 10.9 Å². The summed E-state index contributed by atoms with van der Waals surface area (Å²) in [6.45, 7) is 4.46. The van der Waals surface area contributed by atoms with E-state index in [1.807, 2.05) is 11.8 Å². The van der Waals surface area contributed by atoms with E-state index in [2.05, 4.69) is 166 Å². The second kappa shape index (κ2) is 12.0. The molecule has 196 valence electrons. The second-order valence-electron chi connectivity index (χ2n) is 9.98. The molecule has 0 aromatic heterocycles. The van der Waals surface area contributed by atoms with Gasteiger partial charge in [-0.3, -0.25) is 0 Å². The van der Waals surface area contributed by atoms with E-state index in [4.69, 9.17) is 0 Å². The number of hydrogen-bond acceptors (Lipinski definition) is 1. The highest BCUT2D eigenvalue weighted by Gasteiger charge is 2.16. The molecule has 40 heavy (non-hydrogen) atoms. The molecule has 1 unspecified atom stereocenters. The number of benzene rings is 6. The fraction of sp³-hybridized carbons (Fsp3) is 0.0526. The Morgan fingerprint density at radius 1 is 0.425 bits per heavy atom. The number of aryl methyl sites for hydroxylation is 2. The molecule has 0 amide bonds. The Balaban J connectivity index is 1.29. The summed E-state index contributed by atoms with van der Waals surface area (Å²) < 4.78 is 0. The zero-order valence-electron chi connectivity index (χ0n) is 22.8. The van der Waals surface area contributed by atoms with Crippen molar-refractivity contribution >= 4 is 22.7 Å². The zero-order valence-corrected chi connectivity index (χ0v) is 24.5. The summed E-state index contributed by atoms with van der Waals surface area (Å²) in [7, 11) is -0.665. The summed E-state index contributed by atoms with van der Waals surface area (Å²) in [5.41, 5.74) is 7.69. The van der Waals surface area contributed by atoms with E-state index in [-0.39, 0.29) is 0 Å². The highest BCUT2D eigenvalue weighted by Crippen LogP contribution is 2.53. The van der Waals surface area contributed by atoms with Crippen LogP contribution < -0.4 is 0 Å². The average Bonchev–Trinajstić information content (AvgIpc) is 3.01. The first-order chi connectivity index (χ1) is 19.7. The van der Waals surface area contributed by atoms with Gasteiger partial charge in [-0.25, -0.2) is 0 Å². The molecule has 0 bridgehead atoms. The van der Waals surface area contributed by atoms with Crippen LogP contribution in [0, 0.1) is 13.8 Å². The molecule has 0 saturated carbocycles. The van der Waals surface area contributed by atoms with Crippen LogP contribution in [0.25, 0.3) is 22.3 Å². The van der Waals surface area contributed by atoms with Gasteiger partial charge in [-0.1, -0.05) is 115 Å². The smallest absolute Gasteiger partial charge is 0.0152 e. The van der Waals surface area contributed by atoms with Gasteiger partial charge in [0.1, 0.15) is 0 Å². The highest BCUT2D eigenvalue weighted by molar-refractivity contribution is 8.17. The number of thiol groups is 1. The molecule has 0 aliphatic carbocycles. The highest BCUT2D eigenvalue weighted by atomic mass is 32.2. The van der Waals surface area contributed by atoms with Crippen LogP contribution in [-0.4, -0.2) is 0 Å². The first-order valence-electron chi connectivity index (χ1n) is 13.6. The first kappa shape index (κ1) is 26.3. The molecular formula is C38H32S2. The molecule has 1 atom stereocenters. The standard InChI is InChI=1S/C38H32S2/c1-28-26-32(30-12-6-3-7-13-30)18-24-37(28)39-34-20-22-36(23-21-34)40(35-16-10-5-11-17-35)38-25-19-33(27-29(38)2)31-14-8-4-9-15-31/h3-27,40H,1-2H3. The normalized spacial score (nSPS) is 12.2. The fourth-order valence-electron chi connectivity index (χ4n) is 5.09. The lowest BCUT2D eigenvalue weighted by molar-refractivity contribution is 1.24. The zero-order chi connectivity index (χ0) is 27.3. The van der Waals surface area contributed by atoms with Crippen LogP contribution in [0.5, 0.6) is 0 Å². The SMILES string of the molecule is Cc1cc(-c2ccccc2)ccc1Sc1ccc([SH](c2ccccc2)c2ccc(-c3ccccc3)cc2C)cc1. The molecule has 6 aromatic rings. The van der Waals surface area contributed by atoms with Gasteiger partial charge < -0.3 is 0 Å². The summed E-state index contributed by atoms with van der Waals surface area (Å²) >= 11 is 1.84. The third-order valence-electron chi connectivity index (χ3n) is 7.16. The van der Waals surface area contributed by atoms with E-state index in [1.54, 1.807) is 0 Å². The third kappa shape index (κ3) is 5.79. The van der Waals surface area contributed by atoms with Crippen LogP contribution in [0.15, 0.2) is 176 Å². The third-order valence-corrected chi connectivity index (χ3v) is 11.0. The van der Waals surface area contributed by atoms with Crippen molar-refractivity contribution in [1.29, 1.82) is 0 Å². The van der Waals surface area contributed by atoms with Crippen molar-refractivity contribution in [2.45, 2.75) is 38.3 Å². The summed E-state index contributed by atoms with van der Waals surface area (Å²) in [4.78, 5) is 6.72. The van der Waals surface area contributed by atoms with Gasteiger partial charge in [0.25, 0.3) is 0 Å². The lowest BCUT2D eigenvalue weighted by Crippen LogP contribution is -1.92. The van der Waals surface area contributed by atoms with Crippen LogP contribution in [-0.2, 0) is 0 Å². The molecule has 0 fully saturated rings. The number of hydrogen-bond donors (Lipinski definition) is 1. The molecule has 0 aliphatic heterocycles. The lowest BCUT2D eigenvalue weighted by Gasteiger charge is -2.26. The van der Waals surface area contributed by atoms with Gasteiger partial charge in [0.2, 0.25) is 0 Å². The largest absolute Gasteiger partial charge is 0.173 e. The van der Waals surface area contributed by atoms with Crippen molar-refractivity contribution in [3.05, 3.63) is 163 Å². The minimum absolute atomic E-state index is 0.665. The topological polar surface area (TPSA) is 0 Å². The lowest BCUT2D eigenvalue weighted by atomic mass is 10.0. The van der Waals surface area contributed by atoms with Gasteiger partial charge >= 0.3 is 0 Å². The molecule has 6 aromatic carbocycles. The van der Waals surface area contributed by atoms with Crippen molar-refractivity contribution < 1.29 is 0 Å². The molecular weight excluding hydrogens is 521 g/mol. The predicted octanol–water partition coefficient (Wildman–Crippen LogP) is 11.3. The van der Waals surface area contributed by atoms with E-state index >= 15 is 0 Å². The molecule has 0 heterocycles. The Hall–Kier alpha value is -3.98. The maximum Gasteiger partial charge on any atom is 0.0152 e. The molecule has 0 nitrogen and oxygen atoms in total. The van der Waals surface area contributed by atoms with Crippen molar-refractivity contribution in [3.63, 3.8) is 0 Å². The van der Waals surface area contributed by atoms with Crippen molar-refractivity contribution in [2.24, 2.45) is 0 Å². The van der Waals surface area contributed by atoms with Crippen molar-refractivity contribution in [2.75, 3.05) is 0 Å². The summed E-state index contributed by atoms with van der Waals surface area (Å²) in [5, 5.41) is 0. The molecule has 2 heteroatoms. The molecule has 0 N–H and O–H groups in total. The van der Waals surface area contributed by atoms with Gasteiger partial charge in [0, 0.05) is 9.79 Å². The van der Waals surface area contributed by atoms with Crippen LogP contribution >= 0.6 is 22.7 Å². The summed E-state index contributed by atoms with van der Waals surface area (Å²) in [6, 6.07) is 55.2. The Morgan fingerprint density at radius 3 is 1.48 bits per heavy atom. The van der Waals surface area contributed by atoms with Crippen LogP contribution in [0.2, 0.25) is 0 Å². The van der Waals surface area contributed by atoms with Gasteiger partial charge in [0.05, 0.1) is 0 Å². The Kier molecular flexibility index (Phi) is 7.90. The van der Waals surface area contributed by atoms with E-state index in [0.29, 0.717) is 0 Å². The van der Waals surface area contributed by atoms with Gasteiger partial charge in [-0.15, -0.1) is 0 Å². The molecule has 0 spiro atoms.